The minimum Gasteiger partial charge on any atom is -0.379 e. The predicted molar refractivity (Wildman–Crippen MR) is 124 cm³/mol. The maximum absolute atomic E-state index is 12.8. The van der Waals surface area contributed by atoms with Crippen molar-refractivity contribution in [1.29, 1.82) is 0 Å². The Bertz CT molecular complexity index is 1340. The summed E-state index contributed by atoms with van der Waals surface area (Å²) in [6.45, 7) is 4.49. The third-order valence-corrected chi connectivity index (χ3v) is 6.46. The van der Waals surface area contributed by atoms with Gasteiger partial charge >= 0.3 is 5.69 Å². The van der Waals surface area contributed by atoms with Crippen LogP contribution < -0.4 is 11.0 Å². The number of aromatic amines is 3. The number of hydrogen-bond acceptors (Lipinski definition) is 6. The molecule has 3 heterocycles. The minimum atomic E-state index is -0.330. The fraction of sp³-hybridized carbons (Fsp3) is 0.286. The Labute approximate surface area is 191 Å². The van der Waals surface area contributed by atoms with Gasteiger partial charge in [-0.25, -0.2) is 9.78 Å². The summed E-state index contributed by atoms with van der Waals surface area (Å²) in [6.07, 6.45) is 0. The Balaban J connectivity index is 1.38. The van der Waals surface area contributed by atoms with Gasteiger partial charge in [0.05, 0.1) is 35.3 Å². The zero-order valence-corrected chi connectivity index (χ0v) is 18.6. The molecule has 2 aromatic carbocycles. The fourth-order valence-corrected chi connectivity index (χ4v) is 4.82. The van der Waals surface area contributed by atoms with Crippen molar-refractivity contribution in [3.05, 3.63) is 51.4 Å². The molecule has 1 aliphatic rings. The Morgan fingerprint density at radius 1 is 1.16 bits per heavy atom. The van der Waals surface area contributed by atoms with Crippen LogP contribution in [0.25, 0.3) is 22.1 Å². The first-order valence-corrected chi connectivity index (χ1v) is 11.4. The quantitative estimate of drug-likeness (QED) is 0.342. The van der Waals surface area contributed by atoms with Crippen molar-refractivity contribution in [3.63, 3.8) is 0 Å². The number of morpholine rings is 1. The number of imidazole rings is 2. The summed E-state index contributed by atoms with van der Waals surface area (Å²) in [6, 6.07) is 8.87. The number of nitrogens with zero attached hydrogens (tertiary/aromatic N) is 2. The van der Waals surface area contributed by atoms with Crippen LogP contribution in [0.3, 0.4) is 0 Å². The van der Waals surface area contributed by atoms with E-state index in [1.807, 2.05) is 6.07 Å². The monoisotopic (exact) mass is 472 g/mol. The first-order chi connectivity index (χ1) is 15.5. The molecule has 1 saturated heterocycles. The molecule has 1 aliphatic heterocycles. The number of carbonyl (C=O) groups excluding carboxylic acids is 1. The molecule has 5 rings (SSSR count). The van der Waals surface area contributed by atoms with Crippen molar-refractivity contribution in [2.75, 3.05) is 39.4 Å². The van der Waals surface area contributed by atoms with E-state index in [0.717, 1.165) is 43.9 Å². The van der Waals surface area contributed by atoms with Crippen molar-refractivity contribution in [2.45, 2.75) is 10.1 Å². The number of halogens is 1. The second kappa shape index (κ2) is 8.99. The van der Waals surface area contributed by atoms with E-state index in [-0.39, 0.29) is 11.6 Å². The molecule has 11 heteroatoms. The number of fused-ring (bicyclic) bond motifs is 2. The predicted octanol–water partition coefficient (Wildman–Crippen LogP) is 2.60. The van der Waals surface area contributed by atoms with Crippen LogP contribution in [0.4, 0.5) is 0 Å². The lowest BCUT2D eigenvalue weighted by Gasteiger charge is -2.26. The highest BCUT2D eigenvalue weighted by molar-refractivity contribution is 7.99. The summed E-state index contributed by atoms with van der Waals surface area (Å²) in [4.78, 5) is 41.0. The molecular weight excluding hydrogens is 452 g/mol. The van der Waals surface area contributed by atoms with Crippen LogP contribution >= 0.6 is 23.4 Å². The summed E-state index contributed by atoms with van der Waals surface area (Å²) in [5, 5.41) is 4.22. The normalized spacial score (nSPS) is 14.9. The molecule has 32 heavy (non-hydrogen) atoms. The van der Waals surface area contributed by atoms with Crippen molar-refractivity contribution < 1.29 is 9.53 Å². The van der Waals surface area contributed by atoms with Gasteiger partial charge in [0.1, 0.15) is 0 Å². The van der Waals surface area contributed by atoms with E-state index >= 15 is 0 Å². The van der Waals surface area contributed by atoms with Crippen LogP contribution in [0.15, 0.2) is 45.2 Å². The number of aromatic nitrogens is 4. The first-order valence-electron chi connectivity index (χ1n) is 10.2. The molecule has 0 bridgehead atoms. The van der Waals surface area contributed by atoms with Gasteiger partial charge < -0.3 is 25.0 Å². The topological polar surface area (TPSA) is 119 Å². The third kappa shape index (κ3) is 4.53. The van der Waals surface area contributed by atoms with Crippen molar-refractivity contribution >= 4 is 51.3 Å². The van der Waals surface area contributed by atoms with E-state index in [1.165, 1.54) is 11.8 Å². The molecule has 9 nitrogen and oxygen atoms in total. The summed E-state index contributed by atoms with van der Waals surface area (Å²) >= 11 is 7.40. The summed E-state index contributed by atoms with van der Waals surface area (Å²) in [7, 11) is 0. The van der Waals surface area contributed by atoms with Gasteiger partial charge in [-0.05, 0) is 42.1 Å². The number of ether oxygens (including phenoxy) is 1. The number of hydrogen-bond donors (Lipinski definition) is 4. The van der Waals surface area contributed by atoms with Crippen molar-refractivity contribution in [3.8, 4) is 0 Å². The molecule has 0 spiro atoms. The molecule has 1 amide bonds. The molecule has 0 aliphatic carbocycles. The van der Waals surface area contributed by atoms with Gasteiger partial charge in [0.25, 0.3) is 5.91 Å². The summed E-state index contributed by atoms with van der Waals surface area (Å²) < 4.78 is 5.35. The maximum Gasteiger partial charge on any atom is 0.323 e. The van der Waals surface area contributed by atoms with Crippen molar-refractivity contribution in [2.24, 2.45) is 0 Å². The van der Waals surface area contributed by atoms with Crippen LogP contribution in [-0.2, 0) is 4.74 Å². The van der Waals surface area contributed by atoms with E-state index in [4.69, 9.17) is 16.3 Å². The van der Waals surface area contributed by atoms with E-state index in [0.29, 0.717) is 38.2 Å². The second-order valence-electron chi connectivity index (χ2n) is 7.49. The maximum atomic E-state index is 12.8. The number of H-pyrrole nitrogens is 3. The number of nitrogens with one attached hydrogen (secondary N) is 4. The van der Waals surface area contributed by atoms with Crippen LogP contribution in [0.1, 0.15) is 10.4 Å². The van der Waals surface area contributed by atoms with Gasteiger partial charge in [-0.1, -0.05) is 11.6 Å². The van der Waals surface area contributed by atoms with Crippen LogP contribution in [-0.4, -0.2) is 70.1 Å². The summed E-state index contributed by atoms with van der Waals surface area (Å²) in [5.74, 6) is -0.194. The highest BCUT2D eigenvalue weighted by Crippen LogP contribution is 2.33. The van der Waals surface area contributed by atoms with E-state index in [9.17, 15) is 9.59 Å². The Kier molecular flexibility index (Phi) is 5.92. The van der Waals surface area contributed by atoms with Crippen LogP contribution in [0, 0.1) is 0 Å². The summed E-state index contributed by atoms with van der Waals surface area (Å²) in [5.41, 5.74) is 2.93. The highest BCUT2D eigenvalue weighted by atomic mass is 35.5. The molecule has 0 radical (unpaired) electrons. The number of benzene rings is 2. The Morgan fingerprint density at radius 3 is 2.84 bits per heavy atom. The standard InChI is InChI=1S/C21H21ClN6O3S/c22-13-1-2-14-15(11-13)26-21(25-14)32-17-10-12(9-16-18(17)27-20(30)24-16)19(29)23-3-4-28-5-7-31-8-6-28/h1-2,9-11H,3-8H2,(H,23,29)(H,25,26)(H2,24,27,30). The smallest absolute Gasteiger partial charge is 0.323 e. The number of carbonyl (C=O) groups is 1. The molecule has 2 aromatic heterocycles. The molecule has 1 fully saturated rings. The number of rotatable bonds is 6. The lowest BCUT2D eigenvalue weighted by Crippen LogP contribution is -2.41. The third-order valence-electron chi connectivity index (χ3n) is 5.30. The largest absolute Gasteiger partial charge is 0.379 e. The van der Waals surface area contributed by atoms with E-state index in [1.54, 1.807) is 24.3 Å². The lowest BCUT2D eigenvalue weighted by atomic mass is 10.2. The SMILES string of the molecule is O=C(NCCN1CCOCC1)c1cc(Sc2nc3ccc(Cl)cc3[nH]2)c2[nH]c(=O)[nH]c2c1. The molecule has 0 saturated carbocycles. The zero-order valence-electron chi connectivity index (χ0n) is 17.0. The average Bonchev–Trinajstić information content (AvgIpc) is 3.36. The fourth-order valence-electron chi connectivity index (χ4n) is 3.69. The molecule has 4 aromatic rings. The molecule has 0 unspecified atom stereocenters. The van der Waals surface area contributed by atoms with Crippen LogP contribution in [0.5, 0.6) is 0 Å². The van der Waals surface area contributed by atoms with E-state index in [2.05, 4.69) is 30.2 Å². The minimum absolute atomic E-state index is 0.194. The zero-order chi connectivity index (χ0) is 22.1. The van der Waals surface area contributed by atoms with Crippen LogP contribution in [0.2, 0.25) is 5.02 Å². The van der Waals surface area contributed by atoms with Gasteiger partial charge in [-0.3, -0.25) is 9.69 Å². The van der Waals surface area contributed by atoms with Gasteiger partial charge in [0.15, 0.2) is 5.16 Å². The lowest BCUT2D eigenvalue weighted by molar-refractivity contribution is 0.0383. The van der Waals surface area contributed by atoms with Gasteiger partial charge in [0.2, 0.25) is 0 Å². The van der Waals surface area contributed by atoms with Gasteiger partial charge in [0, 0.05) is 41.7 Å². The first kappa shape index (κ1) is 21.1. The van der Waals surface area contributed by atoms with E-state index < -0.39 is 0 Å². The Morgan fingerprint density at radius 2 is 2.00 bits per heavy atom. The molecule has 0 atom stereocenters. The molecule has 4 N–H and O–H groups in total. The molecule has 166 valence electrons. The van der Waals surface area contributed by atoms with Gasteiger partial charge in [-0.15, -0.1) is 0 Å². The van der Waals surface area contributed by atoms with Gasteiger partial charge in [-0.2, -0.15) is 0 Å². The average molecular weight is 473 g/mol. The van der Waals surface area contributed by atoms with Crippen molar-refractivity contribution in [1.82, 2.24) is 30.2 Å². The molecular formula is C21H21ClN6O3S. The Hall–Kier alpha value is -2.79. The highest BCUT2D eigenvalue weighted by Gasteiger charge is 2.16. The number of amides is 1. The second-order valence-corrected chi connectivity index (χ2v) is 8.96.